The molecule has 1 aliphatic carbocycles. The minimum Gasteiger partial charge on any atom is -0.333 e. The molecule has 0 N–H and O–H groups in total. The van der Waals surface area contributed by atoms with Gasteiger partial charge in [0.2, 0.25) is 11.8 Å². The maximum Gasteiger partial charge on any atom is 0.242 e. The molecule has 3 aromatic rings. The normalized spacial score (nSPS) is 16.9. The van der Waals surface area contributed by atoms with Crippen LogP contribution in [0.3, 0.4) is 0 Å². The van der Waals surface area contributed by atoms with Gasteiger partial charge in [-0.25, -0.2) is 0 Å². The summed E-state index contributed by atoms with van der Waals surface area (Å²) in [6, 6.07) is 24.4. The first-order valence-electron chi connectivity index (χ1n) is 11.8. The summed E-state index contributed by atoms with van der Waals surface area (Å²) in [7, 11) is 0. The SMILES string of the molecule is CCCCN(CC(=O)N(Cc1ccccc1)Cc1cccs1)C(=O)C1CC1c1ccccc1. The number of hydrogen-bond donors (Lipinski definition) is 0. The summed E-state index contributed by atoms with van der Waals surface area (Å²) in [5.41, 5.74) is 2.32. The predicted molar refractivity (Wildman–Crippen MR) is 134 cm³/mol. The van der Waals surface area contributed by atoms with Gasteiger partial charge in [-0.2, -0.15) is 0 Å². The largest absolute Gasteiger partial charge is 0.333 e. The third-order valence-electron chi connectivity index (χ3n) is 6.25. The van der Waals surface area contributed by atoms with E-state index >= 15 is 0 Å². The fraction of sp³-hybridized carbons (Fsp3) is 0.357. The summed E-state index contributed by atoms with van der Waals surface area (Å²) in [6.07, 6.45) is 2.78. The second kappa shape index (κ2) is 11.3. The van der Waals surface area contributed by atoms with E-state index in [1.165, 1.54) is 5.56 Å². The Balaban J connectivity index is 1.46. The van der Waals surface area contributed by atoms with E-state index in [2.05, 4.69) is 25.1 Å². The molecule has 33 heavy (non-hydrogen) atoms. The number of nitrogens with zero attached hydrogens (tertiary/aromatic N) is 2. The van der Waals surface area contributed by atoms with E-state index in [4.69, 9.17) is 0 Å². The van der Waals surface area contributed by atoms with Gasteiger partial charge < -0.3 is 9.80 Å². The van der Waals surface area contributed by atoms with Crippen LogP contribution in [0.5, 0.6) is 0 Å². The van der Waals surface area contributed by atoms with Gasteiger partial charge in [-0.15, -0.1) is 11.3 Å². The Hall–Kier alpha value is -2.92. The van der Waals surface area contributed by atoms with Crippen LogP contribution in [-0.2, 0) is 22.7 Å². The lowest BCUT2D eigenvalue weighted by Gasteiger charge is -2.28. The molecule has 1 fully saturated rings. The van der Waals surface area contributed by atoms with Crippen LogP contribution in [0, 0.1) is 5.92 Å². The fourth-order valence-electron chi connectivity index (χ4n) is 4.28. The number of carbonyl (C=O) groups excluding carboxylic acids is 2. The summed E-state index contributed by atoms with van der Waals surface area (Å²) in [5.74, 6) is 0.413. The average Bonchev–Trinajstić information content (AvgIpc) is 3.49. The van der Waals surface area contributed by atoms with Crippen LogP contribution in [0.2, 0.25) is 0 Å². The molecule has 0 radical (unpaired) electrons. The molecule has 2 amide bonds. The van der Waals surface area contributed by atoms with E-state index in [-0.39, 0.29) is 30.2 Å². The summed E-state index contributed by atoms with van der Waals surface area (Å²) in [6.45, 7) is 4.01. The van der Waals surface area contributed by atoms with E-state index in [0.717, 1.165) is 29.7 Å². The molecule has 1 saturated carbocycles. The zero-order valence-electron chi connectivity index (χ0n) is 19.2. The lowest BCUT2D eigenvalue weighted by atomic mass is 10.1. The number of rotatable bonds is 11. The zero-order valence-corrected chi connectivity index (χ0v) is 20.0. The Morgan fingerprint density at radius 3 is 2.30 bits per heavy atom. The molecule has 5 heteroatoms. The molecule has 0 bridgehead atoms. The van der Waals surface area contributed by atoms with Gasteiger partial charge in [-0.05, 0) is 41.3 Å². The van der Waals surface area contributed by atoms with Gasteiger partial charge in [-0.3, -0.25) is 9.59 Å². The highest BCUT2D eigenvalue weighted by Gasteiger charge is 2.45. The van der Waals surface area contributed by atoms with Crippen molar-refractivity contribution in [2.75, 3.05) is 13.1 Å². The van der Waals surface area contributed by atoms with Crippen molar-refractivity contribution in [3.05, 3.63) is 94.2 Å². The number of benzene rings is 2. The molecule has 0 spiro atoms. The standard InChI is InChI=1S/C28H32N2O2S/c1-2-3-16-29(28(32)26-18-25(26)23-13-8-5-9-14-23)21-27(31)30(20-24-15-10-17-33-24)19-22-11-6-4-7-12-22/h4-15,17,25-26H,2-3,16,18-21H2,1H3. The first-order valence-corrected chi connectivity index (χ1v) is 12.7. The smallest absolute Gasteiger partial charge is 0.242 e. The lowest BCUT2D eigenvalue weighted by Crippen LogP contribution is -2.43. The van der Waals surface area contributed by atoms with Crippen LogP contribution in [0.4, 0.5) is 0 Å². The summed E-state index contributed by atoms with van der Waals surface area (Å²) >= 11 is 1.66. The fourth-order valence-corrected chi connectivity index (χ4v) is 5.00. The third-order valence-corrected chi connectivity index (χ3v) is 7.11. The molecule has 2 atom stereocenters. The second-order valence-corrected chi connectivity index (χ2v) is 9.82. The van der Waals surface area contributed by atoms with Crippen LogP contribution < -0.4 is 0 Å². The van der Waals surface area contributed by atoms with Crippen LogP contribution in [-0.4, -0.2) is 34.7 Å². The molecule has 1 aromatic heterocycles. The van der Waals surface area contributed by atoms with Gasteiger partial charge in [0, 0.05) is 23.9 Å². The topological polar surface area (TPSA) is 40.6 Å². The number of hydrogen-bond acceptors (Lipinski definition) is 3. The second-order valence-electron chi connectivity index (χ2n) is 8.79. The van der Waals surface area contributed by atoms with Gasteiger partial charge in [-0.1, -0.05) is 80.1 Å². The Morgan fingerprint density at radius 2 is 1.64 bits per heavy atom. The van der Waals surface area contributed by atoms with Gasteiger partial charge in [0.15, 0.2) is 0 Å². The van der Waals surface area contributed by atoms with Crippen molar-refractivity contribution in [1.29, 1.82) is 0 Å². The van der Waals surface area contributed by atoms with E-state index < -0.39 is 0 Å². The lowest BCUT2D eigenvalue weighted by molar-refractivity contribution is -0.142. The number of amides is 2. The highest BCUT2D eigenvalue weighted by Crippen LogP contribution is 2.48. The van der Waals surface area contributed by atoms with E-state index in [1.54, 1.807) is 11.3 Å². The number of thiophene rings is 1. The quantitative estimate of drug-likeness (QED) is 0.368. The van der Waals surface area contributed by atoms with Gasteiger partial charge in [0.1, 0.15) is 0 Å². The minimum atomic E-state index is -0.00285. The molecule has 0 saturated heterocycles. The highest BCUT2D eigenvalue weighted by atomic mass is 32.1. The minimum absolute atomic E-state index is 0.00285. The Labute approximate surface area is 200 Å². The first-order chi connectivity index (χ1) is 16.2. The molecule has 2 aromatic carbocycles. The summed E-state index contributed by atoms with van der Waals surface area (Å²) in [4.78, 5) is 31.7. The van der Waals surface area contributed by atoms with Gasteiger partial charge >= 0.3 is 0 Å². The maximum absolute atomic E-state index is 13.5. The third kappa shape index (κ3) is 6.32. The van der Waals surface area contributed by atoms with Crippen molar-refractivity contribution in [1.82, 2.24) is 9.80 Å². The van der Waals surface area contributed by atoms with Crippen LogP contribution >= 0.6 is 11.3 Å². The Kier molecular flexibility index (Phi) is 7.95. The highest BCUT2D eigenvalue weighted by molar-refractivity contribution is 7.09. The van der Waals surface area contributed by atoms with Crippen molar-refractivity contribution < 1.29 is 9.59 Å². The molecule has 2 unspecified atom stereocenters. The molecule has 1 heterocycles. The zero-order chi connectivity index (χ0) is 23.0. The Bertz CT molecular complexity index is 1020. The molecule has 4 nitrogen and oxygen atoms in total. The van der Waals surface area contributed by atoms with Gasteiger partial charge in [0.05, 0.1) is 13.1 Å². The molecule has 0 aliphatic heterocycles. The summed E-state index contributed by atoms with van der Waals surface area (Å²) < 4.78 is 0. The molecular formula is C28H32N2O2S. The van der Waals surface area contributed by atoms with Crippen molar-refractivity contribution in [3.63, 3.8) is 0 Å². The predicted octanol–water partition coefficient (Wildman–Crippen LogP) is 5.71. The van der Waals surface area contributed by atoms with Crippen molar-refractivity contribution in [2.24, 2.45) is 5.92 Å². The molecular weight excluding hydrogens is 428 g/mol. The summed E-state index contributed by atoms with van der Waals surface area (Å²) in [5, 5.41) is 2.04. The van der Waals surface area contributed by atoms with Crippen LogP contribution in [0.25, 0.3) is 0 Å². The monoisotopic (exact) mass is 460 g/mol. The number of carbonyl (C=O) groups is 2. The molecule has 172 valence electrons. The molecule has 1 aliphatic rings. The van der Waals surface area contributed by atoms with Crippen molar-refractivity contribution in [2.45, 2.75) is 45.2 Å². The van der Waals surface area contributed by atoms with Crippen molar-refractivity contribution in [3.8, 4) is 0 Å². The molecule has 4 rings (SSSR count). The average molecular weight is 461 g/mol. The van der Waals surface area contributed by atoms with Crippen molar-refractivity contribution >= 4 is 23.2 Å². The number of unbranched alkanes of at least 4 members (excludes halogenated alkanes) is 1. The maximum atomic E-state index is 13.5. The first kappa shape index (κ1) is 23.2. The Morgan fingerprint density at radius 1 is 0.909 bits per heavy atom. The van der Waals surface area contributed by atoms with E-state index in [9.17, 15) is 9.59 Å². The van der Waals surface area contributed by atoms with Crippen LogP contribution in [0.1, 0.15) is 48.1 Å². The van der Waals surface area contributed by atoms with E-state index in [0.29, 0.717) is 19.6 Å². The van der Waals surface area contributed by atoms with Crippen LogP contribution in [0.15, 0.2) is 78.2 Å². The van der Waals surface area contributed by atoms with E-state index in [1.807, 2.05) is 69.8 Å². The van der Waals surface area contributed by atoms with Gasteiger partial charge in [0.25, 0.3) is 0 Å².